The topological polar surface area (TPSA) is 15.3 Å². The summed E-state index contributed by atoms with van der Waals surface area (Å²) < 4.78 is 0. The van der Waals surface area contributed by atoms with Crippen LogP contribution in [0.4, 0.5) is 5.69 Å². The molecular weight excluding hydrogens is 220 g/mol. The van der Waals surface area contributed by atoms with Crippen LogP contribution in [0.1, 0.15) is 44.6 Å². The van der Waals surface area contributed by atoms with Crippen molar-refractivity contribution in [2.75, 3.05) is 25.5 Å². The fourth-order valence-corrected chi connectivity index (χ4v) is 3.07. The van der Waals surface area contributed by atoms with Gasteiger partial charge in [-0.15, -0.1) is 0 Å². The minimum atomic E-state index is 0.693. The third-order valence-electron chi connectivity index (χ3n) is 4.34. The summed E-state index contributed by atoms with van der Waals surface area (Å²) in [6, 6.07) is 9.49. The normalized spacial score (nSPS) is 18.2. The molecule has 100 valence electrons. The van der Waals surface area contributed by atoms with Gasteiger partial charge in [0.05, 0.1) is 0 Å². The number of fused-ring (bicyclic) bond motifs is 1. The molecule has 1 unspecified atom stereocenters. The average Bonchev–Trinajstić information content (AvgIpc) is 2.81. The van der Waals surface area contributed by atoms with E-state index in [1.807, 2.05) is 0 Å². The number of nitrogens with zero attached hydrogens (tertiary/aromatic N) is 1. The summed E-state index contributed by atoms with van der Waals surface area (Å²) in [7, 11) is 2.27. The molecule has 0 aliphatic carbocycles. The standard InChI is InChI=1S/C16H26N2/c1-4-14(5-2)18(3)11-10-13-12-17-16-9-7-6-8-15(13)16/h6-9,13-14,17H,4-5,10-12H2,1-3H3. The number of nitrogens with one attached hydrogen (secondary N) is 1. The first-order valence-corrected chi connectivity index (χ1v) is 7.29. The predicted molar refractivity (Wildman–Crippen MR) is 79.3 cm³/mol. The van der Waals surface area contributed by atoms with E-state index in [0.717, 1.165) is 12.6 Å². The SMILES string of the molecule is CCC(CC)N(C)CCC1CNc2ccccc21. The third-order valence-corrected chi connectivity index (χ3v) is 4.34. The van der Waals surface area contributed by atoms with E-state index in [1.54, 1.807) is 0 Å². The number of para-hydroxylation sites is 1. The fraction of sp³-hybridized carbons (Fsp3) is 0.625. The van der Waals surface area contributed by atoms with Crippen LogP contribution in [-0.2, 0) is 0 Å². The van der Waals surface area contributed by atoms with E-state index in [-0.39, 0.29) is 0 Å². The van der Waals surface area contributed by atoms with Gasteiger partial charge >= 0.3 is 0 Å². The molecule has 1 heterocycles. The summed E-state index contributed by atoms with van der Waals surface area (Å²) in [4.78, 5) is 2.53. The highest BCUT2D eigenvalue weighted by Gasteiger charge is 2.22. The predicted octanol–water partition coefficient (Wildman–Crippen LogP) is 3.71. The Morgan fingerprint density at radius 1 is 1.28 bits per heavy atom. The van der Waals surface area contributed by atoms with Crippen LogP contribution in [-0.4, -0.2) is 31.1 Å². The first-order chi connectivity index (χ1) is 8.76. The molecule has 0 aromatic heterocycles. The lowest BCUT2D eigenvalue weighted by Crippen LogP contribution is -2.32. The lowest BCUT2D eigenvalue weighted by atomic mass is 9.97. The first kappa shape index (κ1) is 13.4. The molecule has 0 saturated carbocycles. The van der Waals surface area contributed by atoms with Crippen molar-refractivity contribution < 1.29 is 0 Å². The maximum Gasteiger partial charge on any atom is 0.0376 e. The van der Waals surface area contributed by atoms with Crippen LogP contribution < -0.4 is 5.32 Å². The quantitative estimate of drug-likeness (QED) is 0.823. The van der Waals surface area contributed by atoms with Crippen molar-refractivity contribution >= 4 is 5.69 Å². The van der Waals surface area contributed by atoms with Gasteiger partial charge < -0.3 is 10.2 Å². The molecule has 0 fully saturated rings. The van der Waals surface area contributed by atoms with Crippen molar-refractivity contribution in [2.24, 2.45) is 0 Å². The second-order valence-corrected chi connectivity index (χ2v) is 5.40. The van der Waals surface area contributed by atoms with Crippen molar-refractivity contribution in [1.29, 1.82) is 0 Å². The number of rotatable bonds is 6. The molecule has 1 aromatic carbocycles. The van der Waals surface area contributed by atoms with E-state index < -0.39 is 0 Å². The van der Waals surface area contributed by atoms with Gasteiger partial charge in [0.15, 0.2) is 0 Å². The van der Waals surface area contributed by atoms with E-state index in [0.29, 0.717) is 5.92 Å². The zero-order valence-corrected chi connectivity index (χ0v) is 11.9. The highest BCUT2D eigenvalue weighted by Crippen LogP contribution is 2.33. The number of hydrogen-bond acceptors (Lipinski definition) is 2. The van der Waals surface area contributed by atoms with Gasteiger partial charge in [-0.1, -0.05) is 32.0 Å². The molecule has 18 heavy (non-hydrogen) atoms. The molecule has 2 heteroatoms. The zero-order chi connectivity index (χ0) is 13.0. The number of hydrogen-bond donors (Lipinski definition) is 1. The van der Waals surface area contributed by atoms with Crippen LogP contribution in [0.2, 0.25) is 0 Å². The van der Waals surface area contributed by atoms with Gasteiger partial charge in [-0.25, -0.2) is 0 Å². The number of benzene rings is 1. The minimum absolute atomic E-state index is 0.693. The Hall–Kier alpha value is -1.02. The highest BCUT2D eigenvalue weighted by molar-refractivity contribution is 5.57. The summed E-state index contributed by atoms with van der Waals surface area (Å²) in [5.41, 5.74) is 2.85. The molecule has 1 aliphatic rings. The van der Waals surface area contributed by atoms with Crippen molar-refractivity contribution in [2.45, 2.75) is 45.1 Å². The van der Waals surface area contributed by atoms with E-state index in [4.69, 9.17) is 0 Å². The van der Waals surface area contributed by atoms with Crippen molar-refractivity contribution in [1.82, 2.24) is 4.90 Å². The molecule has 0 radical (unpaired) electrons. The van der Waals surface area contributed by atoms with E-state index in [9.17, 15) is 0 Å². The third kappa shape index (κ3) is 2.86. The summed E-state index contributed by atoms with van der Waals surface area (Å²) >= 11 is 0. The molecule has 1 aromatic rings. The number of anilines is 1. The Balaban J connectivity index is 1.89. The summed E-state index contributed by atoms with van der Waals surface area (Å²) in [6.07, 6.45) is 3.77. The molecule has 2 nitrogen and oxygen atoms in total. The molecule has 0 amide bonds. The smallest absolute Gasteiger partial charge is 0.0376 e. The second-order valence-electron chi connectivity index (χ2n) is 5.40. The summed E-state index contributed by atoms with van der Waals surface area (Å²) in [5, 5.41) is 3.51. The Morgan fingerprint density at radius 3 is 2.72 bits per heavy atom. The van der Waals surface area contributed by atoms with Gasteiger partial charge in [0, 0.05) is 24.2 Å². The van der Waals surface area contributed by atoms with Crippen LogP contribution in [0.5, 0.6) is 0 Å². The van der Waals surface area contributed by atoms with Crippen molar-refractivity contribution in [3.63, 3.8) is 0 Å². The summed E-state index contributed by atoms with van der Waals surface area (Å²) in [5.74, 6) is 0.693. The lowest BCUT2D eigenvalue weighted by molar-refractivity contribution is 0.223. The van der Waals surface area contributed by atoms with Crippen LogP contribution in [0.15, 0.2) is 24.3 Å². The monoisotopic (exact) mass is 246 g/mol. The van der Waals surface area contributed by atoms with Crippen LogP contribution in [0.25, 0.3) is 0 Å². The Bertz CT molecular complexity index is 371. The fourth-order valence-electron chi connectivity index (χ4n) is 3.07. The van der Waals surface area contributed by atoms with E-state index in [2.05, 4.69) is 55.4 Å². The van der Waals surface area contributed by atoms with Gasteiger partial charge in [-0.2, -0.15) is 0 Å². The molecule has 1 N–H and O–H groups in total. The van der Waals surface area contributed by atoms with Crippen LogP contribution >= 0.6 is 0 Å². The van der Waals surface area contributed by atoms with Gasteiger partial charge in [0.25, 0.3) is 0 Å². The lowest BCUT2D eigenvalue weighted by Gasteiger charge is -2.27. The van der Waals surface area contributed by atoms with Crippen molar-refractivity contribution in [3.8, 4) is 0 Å². The molecule has 2 rings (SSSR count). The Kier molecular flexibility index (Phi) is 4.65. The molecule has 0 saturated heterocycles. The van der Waals surface area contributed by atoms with Crippen LogP contribution in [0, 0.1) is 0 Å². The zero-order valence-electron chi connectivity index (χ0n) is 11.9. The van der Waals surface area contributed by atoms with E-state index >= 15 is 0 Å². The maximum atomic E-state index is 3.51. The summed E-state index contributed by atoms with van der Waals surface area (Å²) in [6.45, 7) is 6.89. The average molecular weight is 246 g/mol. The highest BCUT2D eigenvalue weighted by atomic mass is 15.1. The molecule has 0 bridgehead atoms. The largest absolute Gasteiger partial charge is 0.384 e. The molecule has 1 atom stereocenters. The van der Waals surface area contributed by atoms with Crippen molar-refractivity contribution in [3.05, 3.63) is 29.8 Å². The Morgan fingerprint density at radius 2 is 2.00 bits per heavy atom. The molecular formula is C16H26N2. The van der Waals surface area contributed by atoms with Gasteiger partial charge in [0.1, 0.15) is 0 Å². The second kappa shape index (κ2) is 6.24. The first-order valence-electron chi connectivity index (χ1n) is 7.29. The molecule has 0 spiro atoms. The van der Waals surface area contributed by atoms with E-state index in [1.165, 1.54) is 37.1 Å². The maximum absolute atomic E-state index is 3.51. The Labute approximate surface area is 111 Å². The minimum Gasteiger partial charge on any atom is -0.384 e. The van der Waals surface area contributed by atoms with Crippen LogP contribution in [0.3, 0.4) is 0 Å². The van der Waals surface area contributed by atoms with Gasteiger partial charge in [0.2, 0.25) is 0 Å². The van der Waals surface area contributed by atoms with Gasteiger partial charge in [-0.05, 0) is 44.5 Å². The molecule has 1 aliphatic heterocycles. The van der Waals surface area contributed by atoms with Gasteiger partial charge in [-0.3, -0.25) is 0 Å².